The lowest BCUT2D eigenvalue weighted by Gasteiger charge is -2.13. The summed E-state index contributed by atoms with van der Waals surface area (Å²) in [5.41, 5.74) is 1.15. The van der Waals surface area contributed by atoms with E-state index in [1.807, 2.05) is 25.1 Å². The van der Waals surface area contributed by atoms with E-state index in [9.17, 15) is 4.79 Å². The van der Waals surface area contributed by atoms with Crippen LogP contribution in [-0.4, -0.2) is 45.7 Å². The van der Waals surface area contributed by atoms with Gasteiger partial charge in [0.15, 0.2) is 5.96 Å². The van der Waals surface area contributed by atoms with Crippen molar-refractivity contribution in [3.63, 3.8) is 0 Å². The smallest absolute Gasteiger partial charge is 0.221 e. The molecule has 0 spiro atoms. The van der Waals surface area contributed by atoms with Crippen LogP contribution in [-0.2, 0) is 11.2 Å². The number of methoxy groups -OCH3 is 1. The minimum absolute atomic E-state index is 0.0591. The molecule has 0 unspecified atom stereocenters. The average Bonchev–Trinajstić information content (AvgIpc) is 2.58. The van der Waals surface area contributed by atoms with Crippen LogP contribution in [0, 0.1) is 0 Å². The van der Waals surface area contributed by atoms with Gasteiger partial charge in [-0.05, 0) is 24.5 Å². The summed E-state index contributed by atoms with van der Waals surface area (Å²) in [6, 6.07) is 7.96. The quantitative estimate of drug-likeness (QED) is 0.474. The zero-order valence-corrected chi connectivity index (χ0v) is 14.3. The van der Waals surface area contributed by atoms with Gasteiger partial charge in [-0.1, -0.05) is 25.1 Å². The van der Waals surface area contributed by atoms with E-state index in [2.05, 4.69) is 27.0 Å². The SMILES string of the molecule is CCCNC(=O)CCNC(=NC)NCCc1ccccc1OC. The van der Waals surface area contributed by atoms with Crippen molar-refractivity contribution < 1.29 is 9.53 Å². The first kappa shape index (κ1) is 18.8. The summed E-state index contributed by atoms with van der Waals surface area (Å²) in [6.45, 7) is 4.06. The first-order chi connectivity index (χ1) is 11.2. The zero-order chi connectivity index (χ0) is 16.9. The van der Waals surface area contributed by atoms with Crippen LogP contribution in [0.4, 0.5) is 0 Å². The number of hydrogen-bond donors (Lipinski definition) is 3. The lowest BCUT2D eigenvalue weighted by Crippen LogP contribution is -2.40. The fourth-order valence-electron chi connectivity index (χ4n) is 2.09. The minimum atomic E-state index is 0.0591. The molecule has 1 aromatic rings. The number of carbonyl (C=O) groups is 1. The number of rotatable bonds is 9. The van der Waals surface area contributed by atoms with Crippen molar-refractivity contribution in [3.05, 3.63) is 29.8 Å². The fourth-order valence-corrected chi connectivity index (χ4v) is 2.09. The molecule has 6 nitrogen and oxygen atoms in total. The van der Waals surface area contributed by atoms with E-state index in [1.54, 1.807) is 14.2 Å². The third-order valence-electron chi connectivity index (χ3n) is 3.32. The first-order valence-electron chi connectivity index (χ1n) is 8.04. The maximum atomic E-state index is 11.5. The molecule has 0 bridgehead atoms. The van der Waals surface area contributed by atoms with Crippen molar-refractivity contribution in [1.82, 2.24) is 16.0 Å². The number of ether oxygens (including phenoxy) is 1. The van der Waals surface area contributed by atoms with Crippen molar-refractivity contribution in [2.45, 2.75) is 26.2 Å². The van der Waals surface area contributed by atoms with Crippen LogP contribution in [0.3, 0.4) is 0 Å². The molecule has 0 saturated heterocycles. The maximum absolute atomic E-state index is 11.5. The second kappa shape index (κ2) is 11.3. The number of nitrogens with zero attached hydrogens (tertiary/aromatic N) is 1. The Balaban J connectivity index is 2.28. The van der Waals surface area contributed by atoms with Crippen molar-refractivity contribution in [3.8, 4) is 5.75 Å². The normalized spacial score (nSPS) is 11.0. The largest absolute Gasteiger partial charge is 0.496 e. The van der Waals surface area contributed by atoms with Crippen molar-refractivity contribution in [2.24, 2.45) is 4.99 Å². The fraction of sp³-hybridized carbons (Fsp3) is 0.529. The summed E-state index contributed by atoms with van der Waals surface area (Å²) >= 11 is 0. The van der Waals surface area contributed by atoms with Gasteiger partial charge in [0.25, 0.3) is 0 Å². The third-order valence-corrected chi connectivity index (χ3v) is 3.32. The highest BCUT2D eigenvalue weighted by molar-refractivity contribution is 5.81. The van der Waals surface area contributed by atoms with Gasteiger partial charge in [-0.3, -0.25) is 9.79 Å². The molecule has 6 heteroatoms. The molecule has 1 aromatic carbocycles. The summed E-state index contributed by atoms with van der Waals surface area (Å²) < 4.78 is 5.33. The number of guanidine groups is 1. The van der Waals surface area contributed by atoms with Crippen LogP contribution in [0.25, 0.3) is 0 Å². The molecule has 23 heavy (non-hydrogen) atoms. The molecule has 0 aliphatic heterocycles. The molecule has 1 rings (SSSR count). The molecule has 0 aliphatic rings. The predicted octanol–water partition coefficient (Wildman–Crippen LogP) is 1.32. The second-order valence-electron chi connectivity index (χ2n) is 5.09. The molecule has 0 saturated carbocycles. The highest BCUT2D eigenvalue weighted by Crippen LogP contribution is 2.17. The highest BCUT2D eigenvalue weighted by Gasteiger charge is 2.04. The number of amides is 1. The van der Waals surface area contributed by atoms with E-state index in [0.29, 0.717) is 18.9 Å². The van der Waals surface area contributed by atoms with Gasteiger partial charge < -0.3 is 20.7 Å². The molecule has 0 aliphatic carbocycles. The van der Waals surface area contributed by atoms with Gasteiger partial charge >= 0.3 is 0 Å². The van der Waals surface area contributed by atoms with Gasteiger partial charge in [0, 0.05) is 33.1 Å². The molecule has 128 valence electrons. The van der Waals surface area contributed by atoms with Crippen molar-refractivity contribution in [1.29, 1.82) is 0 Å². The maximum Gasteiger partial charge on any atom is 0.221 e. The van der Waals surface area contributed by atoms with Crippen LogP contribution >= 0.6 is 0 Å². The Bertz CT molecular complexity index is 503. The Kier molecular flexibility index (Phi) is 9.28. The molecule has 1 amide bonds. The molecule has 0 heterocycles. The van der Waals surface area contributed by atoms with E-state index in [4.69, 9.17) is 4.74 Å². The topological polar surface area (TPSA) is 74.8 Å². The Hall–Kier alpha value is -2.24. The third kappa shape index (κ3) is 7.54. The summed E-state index contributed by atoms with van der Waals surface area (Å²) in [6.07, 6.45) is 2.22. The van der Waals surface area contributed by atoms with Crippen LogP contribution in [0.15, 0.2) is 29.3 Å². The predicted molar refractivity (Wildman–Crippen MR) is 94.0 cm³/mol. The molecule has 0 aromatic heterocycles. The zero-order valence-electron chi connectivity index (χ0n) is 14.3. The summed E-state index contributed by atoms with van der Waals surface area (Å²) in [4.78, 5) is 15.7. The van der Waals surface area contributed by atoms with Gasteiger partial charge in [0.2, 0.25) is 5.91 Å². The van der Waals surface area contributed by atoms with Crippen LogP contribution < -0.4 is 20.7 Å². The molecule has 0 radical (unpaired) electrons. The summed E-state index contributed by atoms with van der Waals surface area (Å²) in [7, 11) is 3.39. The minimum Gasteiger partial charge on any atom is -0.496 e. The number of nitrogens with one attached hydrogen (secondary N) is 3. The van der Waals surface area contributed by atoms with Gasteiger partial charge in [0.1, 0.15) is 5.75 Å². The first-order valence-corrected chi connectivity index (χ1v) is 8.04. The number of hydrogen-bond acceptors (Lipinski definition) is 3. The molecule has 0 fully saturated rings. The summed E-state index contributed by atoms with van der Waals surface area (Å²) in [5, 5.41) is 9.22. The monoisotopic (exact) mass is 320 g/mol. The molecular weight excluding hydrogens is 292 g/mol. The Labute approximate surface area is 138 Å². The van der Waals surface area contributed by atoms with Gasteiger partial charge in [0.05, 0.1) is 7.11 Å². The standard InChI is InChI=1S/C17H28N4O2/c1-4-11-19-16(22)10-13-21-17(18-2)20-12-9-14-7-5-6-8-15(14)23-3/h5-8H,4,9-13H2,1-3H3,(H,19,22)(H2,18,20,21). The van der Waals surface area contributed by atoms with E-state index in [0.717, 1.165) is 37.2 Å². The molecule has 3 N–H and O–H groups in total. The lowest BCUT2D eigenvalue weighted by atomic mass is 10.1. The van der Waals surface area contributed by atoms with Crippen molar-refractivity contribution >= 4 is 11.9 Å². The average molecular weight is 320 g/mol. The number of carbonyl (C=O) groups excluding carboxylic acids is 1. The van der Waals surface area contributed by atoms with E-state index in [1.165, 1.54) is 0 Å². The van der Waals surface area contributed by atoms with Gasteiger partial charge in [-0.25, -0.2) is 0 Å². The van der Waals surface area contributed by atoms with E-state index in [-0.39, 0.29) is 5.91 Å². The van der Waals surface area contributed by atoms with Gasteiger partial charge in [-0.15, -0.1) is 0 Å². The second-order valence-corrected chi connectivity index (χ2v) is 5.09. The van der Waals surface area contributed by atoms with Crippen LogP contribution in [0.2, 0.25) is 0 Å². The number of aliphatic imine (C=N–C) groups is 1. The number of para-hydroxylation sites is 1. The Morgan fingerprint density at radius 3 is 2.57 bits per heavy atom. The van der Waals surface area contributed by atoms with Crippen molar-refractivity contribution in [2.75, 3.05) is 33.8 Å². The Morgan fingerprint density at radius 2 is 1.87 bits per heavy atom. The summed E-state index contributed by atoms with van der Waals surface area (Å²) in [5.74, 6) is 1.65. The van der Waals surface area contributed by atoms with Crippen LogP contribution in [0.1, 0.15) is 25.3 Å². The molecular formula is C17H28N4O2. The lowest BCUT2D eigenvalue weighted by molar-refractivity contribution is -0.120. The Morgan fingerprint density at radius 1 is 1.13 bits per heavy atom. The van der Waals surface area contributed by atoms with E-state index < -0.39 is 0 Å². The molecule has 0 atom stereocenters. The number of benzene rings is 1. The van der Waals surface area contributed by atoms with E-state index >= 15 is 0 Å². The van der Waals surface area contributed by atoms with Gasteiger partial charge in [-0.2, -0.15) is 0 Å². The highest BCUT2D eigenvalue weighted by atomic mass is 16.5. The van der Waals surface area contributed by atoms with Crippen LogP contribution in [0.5, 0.6) is 5.75 Å².